The molecule has 1 rings (SSSR count). The second-order valence-corrected chi connectivity index (χ2v) is 2.33. The van der Waals surface area contributed by atoms with Crippen LogP contribution in [0.5, 0.6) is 0 Å². The van der Waals surface area contributed by atoms with E-state index in [0.717, 1.165) is 5.69 Å². The number of aliphatic hydroxyl groups is 1. The first-order chi connectivity index (χ1) is 5.83. The molecule has 0 saturated heterocycles. The van der Waals surface area contributed by atoms with Gasteiger partial charge in [-0.3, -0.25) is 9.89 Å². The third-order valence-electron chi connectivity index (χ3n) is 1.34. The van der Waals surface area contributed by atoms with Gasteiger partial charge in [-0.15, -0.1) is 0 Å². The average Bonchev–Trinajstić information content (AvgIpc) is 2.53. The minimum Gasteiger partial charge on any atom is -0.395 e. The maximum absolute atomic E-state index is 11.0. The highest BCUT2D eigenvalue weighted by Crippen LogP contribution is 1.91. The number of amides is 1. The van der Waals surface area contributed by atoms with Crippen LogP contribution in [0.1, 0.15) is 5.69 Å². The Kier molecular flexibility index (Phi) is 3.28. The second-order valence-electron chi connectivity index (χ2n) is 2.33. The molecule has 0 saturated carbocycles. The highest BCUT2D eigenvalue weighted by Gasteiger charge is 2.02. The number of hydrogen-bond acceptors (Lipinski definition) is 3. The van der Waals surface area contributed by atoms with Gasteiger partial charge in [0.05, 0.1) is 13.0 Å². The Morgan fingerprint density at radius 1 is 1.75 bits per heavy atom. The summed E-state index contributed by atoms with van der Waals surface area (Å²) in [5.74, 6) is -0.117. The van der Waals surface area contributed by atoms with E-state index in [-0.39, 0.29) is 18.9 Å². The van der Waals surface area contributed by atoms with Crippen molar-refractivity contribution in [3.63, 3.8) is 0 Å². The van der Waals surface area contributed by atoms with Crippen molar-refractivity contribution in [3.05, 3.63) is 18.0 Å². The van der Waals surface area contributed by atoms with Crippen molar-refractivity contribution in [2.75, 3.05) is 13.2 Å². The van der Waals surface area contributed by atoms with Crippen LogP contribution in [0.25, 0.3) is 0 Å². The molecule has 0 radical (unpaired) electrons. The number of rotatable bonds is 4. The Hall–Kier alpha value is -1.36. The Labute approximate surface area is 69.8 Å². The first kappa shape index (κ1) is 8.73. The molecule has 0 aliphatic carbocycles. The van der Waals surface area contributed by atoms with Crippen LogP contribution >= 0.6 is 0 Å². The standard InChI is InChI=1S/C7H11N3O2/c11-4-3-8-7(12)5-6-1-2-9-10-6/h1-2,11H,3-5H2,(H,8,12)(H,9,10). The van der Waals surface area contributed by atoms with Gasteiger partial charge >= 0.3 is 0 Å². The molecular weight excluding hydrogens is 158 g/mol. The van der Waals surface area contributed by atoms with Gasteiger partial charge < -0.3 is 10.4 Å². The quantitative estimate of drug-likeness (QED) is 0.544. The van der Waals surface area contributed by atoms with Crippen LogP contribution in [0.3, 0.4) is 0 Å². The van der Waals surface area contributed by atoms with Crippen molar-refractivity contribution >= 4 is 5.91 Å². The number of aromatic nitrogens is 2. The first-order valence-electron chi connectivity index (χ1n) is 3.68. The van der Waals surface area contributed by atoms with Crippen LogP contribution < -0.4 is 5.32 Å². The molecule has 1 aromatic heterocycles. The Morgan fingerprint density at radius 3 is 3.17 bits per heavy atom. The molecule has 0 atom stereocenters. The van der Waals surface area contributed by atoms with E-state index in [1.807, 2.05) is 0 Å². The number of carbonyl (C=O) groups excluding carboxylic acids is 1. The van der Waals surface area contributed by atoms with E-state index >= 15 is 0 Å². The molecule has 12 heavy (non-hydrogen) atoms. The molecule has 66 valence electrons. The van der Waals surface area contributed by atoms with E-state index < -0.39 is 0 Å². The molecule has 1 amide bonds. The molecule has 3 N–H and O–H groups in total. The number of aromatic amines is 1. The molecule has 0 bridgehead atoms. The molecule has 0 fully saturated rings. The summed E-state index contributed by atoms with van der Waals surface area (Å²) in [6.45, 7) is 0.266. The lowest BCUT2D eigenvalue weighted by Crippen LogP contribution is -2.27. The molecule has 5 nitrogen and oxygen atoms in total. The van der Waals surface area contributed by atoms with Crippen LogP contribution in [-0.2, 0) is 11.2 Å². The molecule has 0 spiro atoms. The molecular formula is C7H11N3O2. The topological polar surface area (TPSA) is 78.0 Å². The van der Waals surface area contributed by atoms with Crippen LogP contribution in [0.2, 0.25) is 0 Å². The smallest absolute Gasteiger partial charge is 0.226 e. The zero-order valence-corrected chi connectivity index (χ0v) is 6.58. The second kappa shape index (κ2) is 4.50. The summed E-state index contributed by atoms with van der Waals surface area (Å²) in [4.78, 5) is 11.0. The van der Waals surface area contributed by atoms with E-state index in [1.165, 1.54) is 0 Å². The lowest BCUT2D eigenvalue weighted by atomic mass is 10.3. The van der Waals surface area contributed by atoms with Crippen molar-refractivity contribution in [2.45, 2.75) is 6.42 Å². The molecule has 1 heterocycles. The lowest BCUT2D eigenvalue weighted by molar-refractivity contribution is -0.120. The van der Waals surface area contributed by atoms with E-state index in [2.05, 4.69) is 15.5 Å². The molecule has 0 aliphatic heterocycles. The van der Waals surface area contributed by atoms with Gasteiger partial charge in [0, 0.05) is 18.4 Å². The van der Waals surface area contributed by atoms with Gasteiger partial charge in [-0.2, -0.15) is 5.10 Å². The molecule has 1 aromatic rings. The van der Waals surface area contributed by atoms with Crippen LogP contribution in [0.15, 0.2) is 12.3 Å². The number of nitrogens with zero attached hydrogens (tertiary/aromatic N) is 1. The maximum Gasteiger partial charge on any atom is 0.226 e. The summed E-state index contributed by atoms with van der Waals surface area (Å²) in [5.41, 5.74) is 0.769. The average molecular weight is 169 g/mol. The highest BCUT2D eigenvalue weighted by atomic mass is 16.3. The van der Waals surface area contributed by atoms with Crippen molar-refractivity contribution in [1.82, 2.24) is 15.5 Å². The molecule has 5 heteroatoms. The van der Waals surface area contributed by atoms with Crippen LogP contribution in [-0.4, -0.2) is 34.4 Å². The third kappa shape index (κ3) is 2.71. The van der Waals surface area contributed by atoms with Gasteiger partial charge in [-0.05, 0) is 6.07 Å². The normalized spacial score (nSPS) is 9.75. The molecule has 0 unspecified atom stereocenters. The Morgan fingerprint density at radius 2 is 2.58 bits per heavy atom. The first-order valence-corrected chi connectivity index (χ1v) is 3.68. The zero-order chi connectivity index (χ0) is 8.81. The number of nitrogens with one attached hydrogen (secondary N) is 2. The van der Waals surface area contributed by atoms with Gasteiger partial charge in [0.25, 0.3) is 0 Å². The van der Waals surface area contributed by atoms with Gasteiger partial charge in [0.15, 0.2) is 0 Å². The Balaban J connectivity index is 2.27. The Bertz CT molecular complexity index is 233. The van der Waals surface area contributed by atoms with E-state index in [0.29, 0.717) is 6.54 Å². The number of H-pyrrole nitrogens is 1. The summed E-state index contributed by atoms with van der Waals surface area (Å²) in [7, 11) is 0. The summed E-state index contributed by atoms with van der Waals surface area (Å²) >= 11 is 0. The van der Waals surface area contributed by atoms with Gasteiger partial charge in [-0.1, -0.05) is 0 Å². The monoisotopic (exact) mass is 169 g/mol. The van der Waals surface area contributed by atoms with Crippen molar-refractivity contribution in [2.24, 2.45) is 0 Å². The van der Waals surface area contributed by atoms with Gasteiger partial charge in [-0.25, -0.2) is 0 Å². The molecule has 0 aliphatic rings. The summed E-state index contributed by atoms with van der Waals surface area (Å²) < 4.78 is 0. The minimum absolute atomic E-state index is 0.0330. The zero-order valence-electron chi connectivity index (χ0n) is 6.58. The van der Waals surface area contributed by atoms with Crippen molar-refractivity contribution in [1.29, 1.82) is 0 Å². The van der Waals surface area contributed by atoms with E-state index in [1.54, 1.807) is 12.3 Å². The highest BCUT2D eigenvalue weighted by molar-refractivity contribution is 5.77. The maximum atomic E-state index is 11.0. The van der Waals surface area contributed by atoms with Crippen LogP contribution in [0.4, 0.5) is 0 Å². The summed E-state index contributed by atoms with van der Waals surface area (Å²) in [5, 5.41) is 17.3. The van der Waals surface area contributed by atoms with Gasteiger partial charge in [0.1, 0.15) is 0 Å². The molecule has 0 aromatic carbocycles. The fraction of sp³-hybridized carbons (Fsp3) is 0.429. The van der Waals surface area contributed by atoms with E-state index in [4.69, 9.17) is 5.11 Å². The third-order valence-corrected chi connectivity index (χ3v) is 1.34. The SMILES string of the molecule is O=C(Cc1ccn[nH]1)NCCO. The fourth-order valence-electron chi connectivity index (χ4n) is 0.814. The van der Waals surface area contributed by atoms with Crippen molar-refractivity contribution in [3.8, 4) is 0 Å². The van der Waals surface area contributed by atoms with Gasteiger partial charge in [0.2, 0.25) is 5.91 Å². The predicted octanol–water partition coefficient (Wildman–Crippen LogP) is -0.939. The number of hydrogen-bond donors (Lipinski definition) is 3. The van der Waals surface area contributed by atoms with Crippen molar-refractivity contribution < 1.29 is 9.90 Å². The minimum atomic E-state index is -0.117. The number of aliphatic hydroxyl groups excluding tert-OH is 1. The fourth-order valence-corrected chi connectivity index (χ4v) is 0.814. The largest absolute Gasteiger partial charge is 0.395 e. The predicted molar refractivity (Wildman–Crippen MR) is 42.4 cm³/mol. The summed E-state index contributed by atoms with van der Waals surface area (Å²) in [6.07, 6.45) is 1.87. The van der Waals surface area contributed by atoms with E-state index in [9.17, 15) is 4.79 Å². The number of carbonyl (C=O) groups is 1. The summed E-state index contributed by atoms with van der Waals surface area (Å²) in [6, 6.07) is 1.73. The lowest BCUT2D eigenvalue weighted by Gasteiger charge is -1.99. The van der Waals surface area contributed by atoms with Crippen LogP contribution in [0, 0.1) is 0 Å².